The van der Waals surface area contributed by atoms with Gasteiger partial charge in [-0.25, -0.2) is 8.42 Å². The Balaban J connectivity index is 2.09. The molecule has 1 atom stereocenters. The van der Waals surface area contributed by atoms with Gasteiger partial charge in [-0.1, -0.05) is 58.6 Å². The lowest BCUT2D eigenvalue weighted by Crippen LogP contribution is -2.52. The first-order valence-electron chi connectivity index (χ1n) is 12.6. The molecule has 7 nitrogen and oxygen atoms in total. The van der Waals surface area contributed by atoms with Gasteiger partial charge in [0.05, 0.1) is 10.6 Å². The maximum Gasteiger partial charge on any atom is 0.264 e. The molecule has 0 saturated heterocycles. The van der Waals surface area contributed by atoms with E-state index in [0.29, 0.717) is 31.9 Å². The van der Waals surface area contributed by atoms with Gasteiger partial charge >= 0.3 is 0 Å². The average molecular weight is 625 g/mol. The van der Waals surface area contributed by atoms with Crippen LogP contribution in [0.25, 0.3) is 0 Å². The van der Waals surface area contributed by atoms with E-state index in [2.05, 4.69) is 5.32 Å². The number of sulfonamides is 1. The van der Waals surface area contributed by atoms with Crippen LogP contribution in [-0.4, -0.2) is 43.8 Å². The van der Waals surface area contributed by atoms with Gasteiger partial charge in [-0.05, 0) is 88.2 Å². The largest absolute Gasteiger partial charge is 0.352 e. The van der Waals surface area contributed by atoms with Crippen molar-refractivity contribution in [3.8, 4) is 0 Å². The summed E-state index contributed by atoms with van der Waals surface area (Å²) in [5, 5.41) is 3.99. The Morgan fingerprint density at radius 3 is 2.05 bits per heavy atom. The number of nitrogens with zero attached hydrogens (tertiary/aromatic N) is 2. The van der Waals surface area contributed by atoms with E-state index in [1.54, 1.807) is 62.4 Å². The highest BCUT2D eigenvalue weighted by atomic mass is 35.5. The van der Waals surface area contributed by atoms with E-state index in [-0.39, 0.29) is 23.4 Å². The molecule has 0 aromatic heterocycles. The van der Waals surface area contributed by atoms with Gasteiger partial charge in [-0.2, -0.15) is 0 Å². The van der Waals surface area contributed by atoms with Crippen molar-refractivity contribution in [3.05, 3.63) is 92.4 Å². The summed E-state index contributed by atoms with van der Waals surface area (Å²) in [6.07, 6.45) is 0. The summed E-state index contributed by atoms with van der Waals surface area (Å²) in [5.74, 6) is -0.980. The molecule has 0 fully saturated rings. The third-order valence-corrected chi connectivity index (χ3v) is 8.87. The Morgan fingerprint density at radius 2 is 1.48 bits per heavy atom. The van der Waals surface area contributed by atoms with Gasteiger partial charge in [0.15, 0.2) is 0 Å². The summed E-state index contributed by atoms with van der Waals surface area (Å²) in [6, 6.07) is 14.9. The molecule has 0 spiro atoms. The smallest absolute Gasteiger partial charge is 0.264 e. The molecule has 0 heterocycles. The topological polar surface area (TPSA) is 86.8 Å². The number of hydrogen-bond donors (Lipinski definition) is 1. The Bertz CT molecular complexity index is 1490. The fraction of sp³-hybridized carbons (Fsp3) is 0.310. The van der Waals surface area contributed by atoms with Crippen molar-refractivity contribution in [2.75, 3.05) is 10.8 Å². The molecule has 0 aliphatic rings. The minimum Gasteiger partial charge on any atom is -0.352 e. The van der Waals surface area contributed by atoms with Gasteiger partial charge in [0, 0.05) is 27.7 Å². The fourth-order valence-electron chi connectivity index (χ4n) is 4.07. The molecule has 214 valence electrons. The van der Waals surface area contributed by atoms with E-state index in [0.717, 1.165) is 9.87 Å². The number of benzene rings is 3. The Hall–Kier alpha value is -2.78. The summed E-state index contributed by atoms with van der Waals surface area (Å²) in [5.41, 5.74) is 2.30. The van der Waals surface area contributed by atoms with Crippen molar-refractivity contribution in [1.82, 2.24) is 10.2 Å². The monoisotopic (exact) mass is 623 g/mol. The molecule has 2 amide bonds. The lowest BCUT2D eigenvalue weighted by atomic mass is 10.1. The average Bonchev–Trinajstić information content (AvgIpc) is 2.86. The van der Waals surface area contributed by atoms with Crippen LogP contribution in [0.2, 0.25) is 15.1 Å². The number of nitrogens with one attached hydrogen (secondary N) is 1. The summed E-state index contributed by atoms with van der Waals surface area (Å²) in [7, 11) is -4.19. The minimum absolute atomic E-state index is 0.0261. The van der Waals surface area contributed by atoms with Gasteiger partial charge in [-0.3, -0.25) is 13.9 Å². The van der Waals surface area contributed by atoms with Crippen molar-refractivity contribution < 1.29 is 18.0 Å². The van der Waals surface area contributed by atoms with Crippen molar-refractivity contribution in [2.45, 2.75) is 58.1 Å². The Kier molecular flexibility index (Phi) is 10.5. The maximum absolute atomic E-state index is 14.0. The number of anilines is 1. The molecule has 0 radical (unpaired) electrons. The van der Waals surface area contributed by atoms with Crippen molar-refractivity contribution in [1.29, 1.82) is 0 Å². The van der Waals surface area contributed by atoms with E-state index in [1.165, 1.54) is 17.0 Å². The van der Waals surface area contributed by atoms with Crippen LogP contribution < -0.4 is 9.62 Å². The predicted octanol–water partition coefficient (Wildman–Crippen LogP) is 6.40. The van der Waals surface area contributed by atoms with Crippen LogP contribution in [0.1, 0.15) is 37.5 Å². The molecule has 0 unspecified atom stereocenters. The van der Waals surface area contributed by atoms with Gasteiger partial charge in [-0.15, -0.1) is 0 Å². The lowest BCUT2D eigenvalue weighted by molar-refractivity contribution is -0.139. The van der Waals surface area contributed by atoms with Crippen LogP contribution in [0.4, 0.5) is 5.69 Å². The van der Waals surface area contributed by atoms with Crippen LogP contribution in [0.5, 0.6) is 0 Å². The lowest BCUT2D eigenvalue weighted by Gasteiger charge is -2.33. The third-order valence-electron chi connectivity index (χ3n) is 6.27. The second-order valence-corrected chi connectivity index (χ2v) is 13.0. The first-order valence-corrected chi connectivity index (χ1v) is 15.2. The van der Waals surface area contributed by atoms with E-state index < -0.39 is 28.5 Å². The highest BCUT2D eigenvalue weighted by molar-refractivity contribution is 7.92. The van der Waals surface area contributed by atoms with Crippen LogP contribution in [-0.2, 0) is 26.2 Å². The fourth-order valence-corrected chi connectivity index (χ4v) is 6.24. The van der Waals surface area contributed by atoms with E-state index in [4.69, 9.17) is 34.8 Å². The van der Waals surface area contributed by atoms with Crippen molar-refractivity contribution >= 4 is 62.3 Å². The minimum atomic E-state index is -4.19. The van der Waals surface area contributed by atoms with E-state index in [9.17, 15) is 18.0 Å². The molecule has 0 bridgehead atoms. The molecule has 3 rings (SSSR count). The van der Waals surface area contributed by atoms with Crippen LogP contribution in [0.3, 0.4) is 0 Å². The molecular weight excluding hydrogens is 593 g/mol. The van der Waals surface area contributed by atoms with E-state index >= 15 is 0 Å². The number of carbonyl (C=O) groups is 2. The standard InChI is InChI=1S/C29H32Cl3N3O4S/c1-18(2)33-29(37)21(5)34(16-22-8-9-24(31)15-26(22)32)28(36)17-35(27-13-10-23(30)14-20(27)4)40(38,39)25-11-6-19(3)7-12-25/h6-15,18,21H,16-17H2,1-5H3,(H,33,37)/t21-/m0/s1. The van der Waals surface area contributed by atoms with Crippen LogP contribution in [0.15, 0.2) is 65.6 Å². The van der Waals surface area contributed by atoms with Gasteiger partial charge in [0.2, 0.25) is 11.8 Å². The zero-order chi connectivity index (χ0) is 29.8. The first-order chi connectivity index (χ1) is 18.7. The maximum atomic E-state index is 14.0. The number of amides is 2. The number of halogens is 3. The third kappa shape index (κ3) is 7.69. The number of aryl methyl sites for hydroxylation is 2. The SMILES string of the molecule is Cc1ccc(S(=O)(=O)N(CC(=O)N(Cc2ccc(Cl)cc2Cl)[C@@H](C)C(=O)NC(C)C)c2ccc(Cl)cc2C)cc1. The molecule has 1 N–H and O–H groups in total. The van der Waals surface area contributed by atoms with Crippen molar-refractivity contribution in [2.24, 2.45) is 0 Å². The van der Waals surface area contributed by atoms with Crippen LogP contribution >= 0.6 is 34.8 Å². The van der Waals surface area contributed by atoms with Gasteiger partial charge in [0.1, 0.15) is 12.6 Å². The number of carbonyl (C=O) groups excluding carboxylic acids is 2. The number of rotatable bonds is 10. The molecule has 0 aliphatic heterocycles. The molecule has 0 saturated carbocycles. The van der Waals surface area contributed by atoms with Crippen LogP contribution in [0, 0.1) is 13.8 Å². The summed E-state index contributed by atoms with van der Waals surface area (Å²) < 4.78 is 28.9. The zero-order valence-electron chi connectivity index (χ0n) is 22.9. The predicted molar refractivity (Wildman–Crippen MR) is 162 cm³/mol. The summed E-state index contributed by atoms with van der Waals surface area (Å²) in [6.45, 7) is 8.17. The Morgan fingerprint density at radius 1 is 0.875 bits per heavy atom. The molecule has 3 aromatic carbocycles. The molecule has 3 aromatic rings. The van der Waals surface area contributed by atoms with E-state index in [1.807, 2.05) is 20.8 Å². The number of hydrogen-bond acceptors (Lipinski definition) is 4. The molecular formula is C29H32Cl3N3O4S. The van der Waals surface area contributed by atoms with Gasteiger partial charge < -0.3 is 10.2 Å². The summed E-state index contributed by atoms with van der Waals surface area (Å²) in [4.78, 5) is 28.4. The molecule has 40 heavy (non-hydrogen) atoms. The second kappa shape index (κ2) is 13.3. The van der Waals surface area contributed by atoms with Gasteiger partial charge in [0.25, 0.3) is 10.0 Å². The van der Waals surface area contributed by atoms with Crippen molar-refractivity contribution in [3.63, 3.8) is 0 Å². The Labute approximate surface area is 251 Å². The quantitative estimate of drug-likeness (QED) is 0.283. The highest BCUT2D eigenvalue weighted by Gasteiger charge is 2.33. The summed E-state index contributed by atoms with van der Waals surface area (Å²) >= 11 is 18.6. The first kappa shape index (κ1) is 31.7. The molecule has 0 aliphatic carbocycles. The normalized spacial score (nSPS) is 12.2. The zero-order valence-corrected chi connectivity index (χ0v) is 26.0. The highest BCUT2D eigenvalue weighted by Crippen LogP contribution is 2.30. The molecule has 11 heteroatoms. The second-order valence-electron chi connectivity index (χ2n) is 9.85.